The Morgan fingerprint density at radius 3 is 2.76 bits per heavy atom. The van der Waals surface area contributed by atoms with Gasteiger partial charge in [-0.1, -0.05) is 12.1 Å². The largest absolute Gasteiger partial charge is 0.508 e. The fraction of sp³-hybridized carbons (Fsp3) is 0.280. The van der Waals surface area contributed by atoms with Gasteiger partial charge in [0.2, 0.25) is 0 Å². The maximum atomic E-state index is 13.2. The van der Waals surface area contributed by atoms with Gasteiger partial charge < -0.3 is 31.1 Å². The van der Waals surface area contributed by atoms with Crippen molar-refractivity contribution in [1.82, 2.24) is 10.3 Å². The smallest absolute Gasteiger partial charge is 0.261 e. The maximum Gasteiger partial charge on any atom is 0.261 e. The molecule has 1 aromatic heterocycles. The molecule has 0 bridgehead atoms. The van der Waals surface area contributed by atoms with Crippen LogP contribution in [0.2, 0.25) is 0 Å². The molecule has 3 aromatic rings. The van der Waals surface area contributed by atoms with Crippen LogP contribution in [0.3, 0.4) is 0 Å². The summed E-state index contributed by atoms with van der Waals surface area (Å²) in [5.74, 6) is 0.376. The van der Waals surface area contributed by atoms with Crippen LogP contribution in [0.4, 0.5) is 28.6 Å². The van der Waals surface area contributed by atoms with Crippen LogP contribution in [-0.4, -0.2) is 35.3 Å². The monoisotopic (exact) mass is 445 g/mol. The van der Waals surface area contributed by atoms with Gasteiger partial charge in [0.05, 0.1) is 17.1 Å². The van der Waals surface area contributed by atoms with E-state index in [0.29, 0.717) is 28.8 Å². The van der Waals surface area contributed by atoms with Crippen molar-refractivity contribution in [3.05, 3.63) is 65.4 Å². The zero-order valence-electron chi connectivity index (χ0n) is 18.4. The lowest BCUT2D eigenvalue weighted by Crippen LogP contribution is -2.34. The SMILES string of the molecule is Cc1ccc(O)cc1Nc1ccnc2c1C(=O)Nc1cc(CNC3CCOCC3)ccc1N2. The number of fused-ring (bicyclic) bond motifs is 2. The van der Waals surface area contributed by atoms with Crippen LogP contribution in [0.5, 0.6) is 5.75 Å². The minimum absolute atomic E-state index is 0.153. The minimum atomic E-state index is -0.251. The highest BCUT2D eigenvalue weighted by Gasteiger charge is 2.24. The van der Waals surface area contributed by atoms with Crippen molar-refractivity contribution in [2.45, 2.75) is 32.4 Å². The minimum Gasteiger partial charge on any atom is -0.508 e. The Morgan fingerprint density at radius 2 is 1.91 bits per heavy atom. The van der Waals surface area contributed by atoms with Crippen molar-refractivity contribution in [3.63, 3.8) is 0 Å². The second kappa shape index (κ2) is 9.09. The van der Waals surface area contributed by atoms with Gasteiger partial charge in [-0.25, -0.2) is 4.98 Å². The van der Waals surface area contributed by atoms with Crippen molar-refractivity contribution >= 4 is 34.5 Å². The summed E-state index contributed by atoms with van der Waals surface area (Å²) in [6, 6.07) is 13.3. The van der Waals surface area contributed by atoms with Crippen LogP contribution in [-0.2, 0) is 11.3 Å². The molecule has 3 heterocycles. The number of phenols is 1. The summed E-state index contributed by atoms with van der Waals surface area (Å²) in [7, 11) is 0. The lowest BCUT2D eigenvalue weighted by atomic mass is 10.1. The molecule has 1 amide bonds. The van der Waals surface area contributed by atoms with E-state index in [1.54, 1.807) is 24.4 Å². The number of nitrogens with one attached hydrogen (secondary N) is 4. The highest BCUT2D eigenvalue weighted by atomic mass is 16.5. The average molecular weight is 446 g/mol. The molecule has 0 saturated carbocycles. The number of ether oxygens (including phenoxy) is 1. The molecule has 5 N–H and O–H groups in total. The second-order valence-corrected chi connectivity index (χ2v) is 8.43. The summed E-state index contributed by atoms with van der Waals surface area (Å²) in [6.07, 6.45) is 3.67. The number of anilines is 5. The summed E-state index contributed by atoms with van der Waals surface area (Å²) in [4.78, 5) is 17.6. The zero-order chi connectivity index (χ0) is 22.8. The zero-order valence-corrected chi connectivity index (χ0v) is 18.4. The van der Waals surface area contributed by atoms with Crippen LogP contribution in [0, 0.1) is 6.92 Å². The van der Waals surface area contributed by atoms with Gasteiger partial charge in [-0.2, -0.15) is 0 Å². The third kappa shape index (κ3) is 4.62. The molecule has 33 heavy (non-hydrogen) atoms. The number of hydrogen-bond acceptors (Lipinski definition) is 7. The van der Waals surface area contributed by atoms with E-state index in [1.807, 2.05) is 31.2 Å². The quantitative estimate of drug-likeness (QED) is 0.396. The van der Waals surface area contributed by atoms with Crippen molar-refractivity contribution in [1.29, 1.82) is 0 Å². The van der Waals surface area contributed by atoms with Crippen molar-refractivity contribution in [2.24, 2.45) is 0 Å². The van der Waals surface area contributed by atoms with Gasteiger partial charge in [0.15, 0.2) is 0 Å². The highest BCUT2D eigenvalue weighted by Crippen LogP contribution is 2.36. The molecule has 0 radical (unpaired) electrons. The molecule has 2 aromatic carbocycles. The van der Waals surface area contributed by atoms with Gasteiger partial charge in [0, 0.05) is 43.8 Å². The van der Waals surface area contributed by atoms with Gasteiger partial charge in [-0.15, -0.1) is 0 Å². The van der Waals surface area contributed by atoms with E-state index in [1.165, 1.54) is 0 Å². The molecule has 1 fully saturated rings. The topological polar surface area (TPSA) is 108 Å². The molecule has 170 valence electrons. The lowest BCUT2D eigenvalue weighted by Gasteiger charge is -2.23. The van der Waals surface area contributed by atoms with Crippen molar-refractivity contribution in [3.8, 4) is 5.75 Å². The van der Waals surface area contributed by atoms with E-state index >= 15 is 0 Å². The third-order valence-corrected chi connectivity index (χ3v) is 6.07. The molecule has 2 aliphatic heterocycles. The molecule has 0 unspecified atom stereocenters. The van der Waals surface area contributed by atoms with E-state index < -0.39 is 0 Å². The number of amides is 1. The summed E-state index contributed by atoms with van der Waals surface area (Å²) in [6.45, 7) is 4.26. The number of carbonyl (C=O) groups excluding carboxylic acids is 1. The Hall–Kier alpha value is -3.62. The molecule has 2 aliphatic rings. The number of aromatic hydroxyl groups is 1. The number of carbonyl (C=O) groups is 1. The molecule has 1 saturated heterocycles. The molecular weight excluding hydrogens is 418 g/mol. The summed E-state index contributed by atoms with van der Waals surface area (Å²) in [5.41, 5.74) is 5.28. The van der Waals surface area contributed by atoms with Crippen molar-refractivity contribution in [2.75, 3.05) is 29.2 Å². The third-order valence-electron chi connectivity index (χ3n) is 6.07. The molecule has 8 heteroatoms. The molecule has 0 aliphatic carbocycles. The summed E-state index contributed by atoms with van der Waals surface area (Å²) in [5, 5.41) is 23.0. The fourth-order valence-corrected chi connectivity index (χ4v) is 4.17. The Bertz CT molecular complexity index is 1190. The predicted molar refractivity (Wildman–Crippen MR) is 129 cm³/mol. The number of nitrogens with zero attached hydrogens (tertiary/aromatic N) is 1. The predicted octanol–water partition coefficient (Wildman–Crippen LogP) is 4.42. The average Bonchev–Trinajstić information content (AvgIpc) is 2.96. The summed E-state index contributed by atoms with van der Waals surface area (Å²) >= 11 is 0. The molecule has 8 nitrogen and oxygen atoms in total. The van der Waals surface area contributed by atoms with Crippen LogP contribution < -0.4 is 21.3 Å². The van der Waals surface area contributed by atoms with Crippen LogP contribution in [0.1, 0.15) is 34.3 Å². The normalized spacial score (nSPS) is 15.6. The van der Waals surface area contributed by atoms with Gasteiger partial charge in [-0.05, 0) is 55.2 Å². The first-order valence-corrected chi connectivity index (χ1v) is 11.1. The number of hydrogen-bond donors (Lipinski definition) is 5. The number of benzene rings is 2. The van der Waals surface area contributed by atoms with Crippen LogP contribution >= 0.6 is 0 Å². The summed E-state index contributed by atoms with van der Waals surface area (Å²) < 4.78 is 5.42. The standard InChI is InChI=1S/C25H27N5O3/c1-15-2-4-18(31)13-21(15)28-20-6-9-26-24-23(20)25(32)30-22-12-16(3-5-19(22)29-24)14-27-17-7-10-33-11-8-17/h2-6,9,12-13,17,27,31H,7-8,10-11,14H2,1H3,(H,30,32)(H2,26,28,29). The van der Waals surface area contributed by atoms with Gasteiger partial charge in [0.25, 0.3) is 5.91 Å². The first-order chi connectivity index (χ1) is 16.1. The Morgan fingerprint density at radius 1 is 1.06 bits per heavy atom. The number of aromatic nitrogens is 1. The number of pyridine rings is 1. The molecule has 0 spiro atoms. The number of aryl methyl sites for hydroxylation is 1. The lowest BCUT2D eigenvalue weighted by molar-refractivity contribution is 0.0776. The molecule has 0 atom stereocenters. The first kappa shape index (κ1) is 21.2. The molecule has 5 rings (SSSR count). The van der Waals surface area contributed by atoms with E-state index in [4.69, 9.17) is 4.74 Å². The van der Waals surface area contributed by atoms with E-state index in [9.17, 15) is 9.90 Å². The first-order valence-electron chi connectivity index (χ1n) is 11.1. The van der Waals surface area contributed by atoms with E-state index in [0.717, 1.165) is 55.1 Å². The van der Waals surface area contributed by atoms with Crippen molar-refractivity contribution < 1.29 is 14.6 Å². The van der Waals surface area contributed by atoms with Crippen LogP contribution in [0.25, 0.3) is 0 Å². The highest BCUT2D eigenvalue weighted by molar-refractivity contribution is 6.15. The van der Waals surface area contributed by atoms with Crippen LogP contribution in [0.15, 0.2) is 48.7 Å². The van der Waals surface area contributed by atoms with E-state index in [2.05, 4.69) is 26.3 Å². The van der Waals surface area contributed by atoms with Gasteiger partial charge in [0.1, 0.15) is 17.1 Å². The fourth-order valence-electron chi connectivity index (χ4n) is 4.17. The van der Waals surface area contributed by atoms with Gasteiger partial charge >= 0.3 is 0 Å². The molecular formula is C25H27N5O3. The van der Waals surface area contributed by atoms with Gasteiger partial charge in [-0.3, -0.25) is 4.79 Å². The Kier molecular flexibility index (Phi) is 5.85. The Labute approximate surface area is 192 Å². The number of rotatable bonds is 5. The Balaban J connectivity index is 1.38. The number of phenolic OH excluding ortho intramolecular Hbond substituents is 1. The maximum absolute atomic E-state index is 13.2. The van der Waals surface area contributed by atoms with E-state index in [-0.39, 0.29) is 11.7 Å². The second-order valence-electron chi connectivity index (χ2n) is 8.43.